The first kappa shape index (κ1) is 17.6. The minimum atomic E-state index is -0.145. The van der Waals surface area contributed by atoms with Crippen molar-refractivity contribution in [1.29, 1.82) is 0 Å². The van der Waals surface area contributed by atoms with E-state index in [2.05, 4.69) is 15.7 Å². The van der Waals surface area contributed by atoms with Crippen molar-refractivity contribution in [1.82, 2.24) is 20.4 Å². The Bertz CT molecular complexity index is 692. The van der Waals surface area contributed by atoms with Crippen molar-refractivity contribution >= 4 is 5.91 Å². The van der Waals surface area contributed by atoms with Gasteiger partial charge in [0, 0.05) is 25.9 Å². The molecule has 0 aliphatic carbocycles. The molecule has 134 valence electrons. The second kappa shape index (κ2) is 8.78. The zero-order valence-electron chi connectivity index (χ0n) is 14.7. The van der Waals surface area contributed by atoms with Gasteiger partial charge >= 0.3 is 0 Å². The molecule has 1 aliphatic rings. The number of carbonyl (C=O) groups excluding carboxylic acids is 1. The molecule has 2 N–H and O–H groups in total. The summed E-state index contributed by atoms with van der Waals surface area (Å²) in [6.45, 7) is 5.66. The van der Waals surface area contributed by atoms with Gasteiger partial charge in [-0.1, -0.05) is 24.3 Å². The van der Waals surface area contributed by atoms with Crippen LogP contribution in [-0.4, -0.2) is 35.4 Å². The molecule has 1 saturated heterocycles. The van der Waals surface area contributed by atoms with Crippen LogP contribution < -0.4 is 10.6 Å². The quantitative estimate of drug-likeness (QED) is 0.810. The zero-order chi connectivity index (χ0) is 17.5. The molecule has 1 aromatic carbocycles. The molecule has 25 heavy (non-hydrogen) atoms. The molecule has 0 bridgehead atoms. The van der Waals surface area contributed by atoms with Crippen LogP contribution in [0.2, 0.25) is 0 Å². The van der Waals surface area contributed by atoms with Gasteiger partial charge in [-0.05, 0) is 43.5 Å². The van der Waals surface area contributed by atoms with E-state index in [9.17, 15) is 4.79 Å². The Hall–Kier alpha value is -2.18. The number of nitrogens with zero attached hydrogens (tertiary/aromatic N) is 2. The van der Waals surface area contributed by atoms with Gasteiger partial charge in [-0.15, -0.1) is 0 Å². The fourth-order valence-corrected chi connectivity index (χ4v) is 3.07. The molecule has 0 saturated carbocycles. The predicted molar refractivity (Wildman–Crippen MR) is 96.3 cm³/mol. The van der Waals surface area contributed by atoms with Crippen molar-refractivity contribution in [2.45, 2.75) is 39.0 Å². The Kier molecular flexibility index (Phi) is 6.19. The summed E-state index contributed by atoms with van der Waals surface area (Å²) in [6.07, 6.45) is 4.14. The average Bonchev–Trinajstić information content (AvgIpc) is 3.16. The number of aromatic nitrogens is 2. The number of benzene rings is 1. The van der Waals surface area contributed by atoms with Gasteiger partial charge < -0.3 is 15.4 Å². The maximum Gasteiger partial charge on any atom is 0.272 e. The largest absolute Gasteiger partial charge is 0.377 e. The van der Waals surface area contributed by atoms with Gasteiger partial charge in [-0.2, -0.15) is 5.10 Å². The van der Waals surface area contributed by atoms with Crippen molar-refractivity contribution in [3.05, 3.63) is 53.3 Å². The molecule has 1 aliphatic heterocycles. The van der Waals surface area contributed by atoms with Gasteiger partial charge in [0.2, 0.25) is 0 Å². The molecule has 1 aromatic heterocycles. The number of rotatable bonds is 7. The van der Waals surface area contributed by atoms with E-state index in [1.54, 1.807) is 6.07 Å². The fourth-order valence-electron chi connectivity index (χ4n) is 3.07. The molecule has 6 heteroatoms. The summed E-state index contributed by atoms with van der Waals surface area (Å²) >= 11 is 0. The number of hydrogen-bond donors (Lipinski definition) is 2. The molecular weight excluding hydrogens is 316 g/mol. The van der Waals surface area contributed by atoms with Crippen molar-refractivity contribution in [3.63, 3.8) is 0 Å². The number of piperidine rings is 1. The maximum absolute atomic E-state index is 12.4. The Labute approximate surface area is 148 Å². The van der Waals surface area contributed by atoms with Crippen LogP contribution in [0, 0.1) is 0 Å². The van der Waals surface area contributed by atoms with Gasteiger partial charge in [0.25, 0.3) is 5.91 Å². The average molecular weight is 342 g/mol. The lowest BCUT2D eigenvalue weighted by atomic mass is 10.1. The number of hydrogen-bond acceptors (Lipinski definition) is 4. The molecule has 3 rings (SSSR count). The fraction of sp³-hybridized carbons (Fsp3) is 0.474. The highest BCUT2D eigenvalue weighted by molar-refractivity contribution is 5.92. The van der Waals surface area contributed by atoms with Gasteiger partial charge in [0.1, 0.15) is 5.69 Å². The van der Waals surface area contributed by atoms with Crippen LogP contribution in [0.3, 0.4) is 0 Å². The van der Waals surface area contributed by atoms with Crippen molar-refractivity contribution in [2.75, 3.05) is 19.7 Å². The topological polar surface area (TPSA) is 68.2 Å². The standard InChI is InChI=1S/C19H26N4O2/c1-2-25-14-16-7-4-3-6-15(16)12-21-19(24)18-9-11-23(22-18)17-8-5-10-20-13-17/h3-4,6-7,9,11,17,20H,2,5,8,10,12-14H2,1H3,(H,21,24). The second-order valence-corrected chi connectivity index (χ2v) is 6.27. The van der Waals surface area contributed by atoms with Crippen LogP contribution in [0.5, 0.6) is 0 Å². The molecule has 1 fully saturated rings. The summed E-state index contributed by atoms with van der Waals surface area (Å²) in [5.41, 5.74) is 2.64. The highest BCUT2D eigenvalue weighted by Crippen LogP contribution is 2.16. The zero-order valence-corrected chi connectivity index (χ0v) is 14.7. The smallest absolute Gasteiger partial charge is 0.272 e. The summed E-state index contributed by atoms with van der Waals surface area (Å²) in [5, 5.41) is 10.8. The van der Waals surface area contributed by atoms with Crippen LogP contribution in [0.25, 0.3) is 0 Å². The Morgan fingerprint density at radius 2 is 2.20 bits per heavy atom. The summed E-state index contributed by atoms with van der Waals surface area (Å²) < 4.78 is 7.39. The Morgan fingerprint density at radius 1 is 1.36 bits per heavy atom. The third-order valence-electron chi connectivity index (χ3n) is 4.51. The van der Waals surface area contributed by atoms with E-state index in [0.717, 1.165) is 37.1 Å². The molecule has 2 heterocycles. The highest BCUT2D eigenvalue weighted by atomic mass is 16.5. The molecule has 6 nitrogen and oxygen atoms in total. The summed E-state index contributed by atoms with van der Waals surface area (Å²) in [7, 11) is 0. The molecule has 1 atom stereocenters. The van der Waals surface area contributed by atoms with Crippen LogP contribution >= 0.6 is 0 Å². The minimum absolute atomic E-state index is 0.145. The molecule has 0 spiro atoms. The lowest BCUT2D eigenvalue weighted by Crippen LogP contribution is -2.32. The van der Waals surface area contributed by atoms with Crippen molar-refractivity contribution < 1.29 is 9.53 Å². The lowest BCUT2D eigenvalue weighted by Gasteiger charge is -2.22. The first-order valence-electron chi connectivity index (χ1n) is 8.96. The van der Waals surface area contributed by atoms with E-state index >= 15 is 0 Å². The Morgan fingerprint density at radius 3 is 2.96 bits per heavy atom. The normalized spacial score (nSPS) is 17.4. The third kappa shape index (κ3) is 4.67. The first-order chi connectivity index (χ1) is 12.3. The molecule has 0 radical (unpaired) electrons. The molecule has 1 unspecified atom stereocenters. The van der Waals surface area contributed by atoms with Crippen LogP contribution in [0.1, 0.15) is 47.4 Å². The molecular formula is C19H26N4O2. The van der Waals surface area contributed by atoms with E-state index in [0.29, 0.717) is 31.5 Å². The van der Waals surface area contributed by atoms with Crippen LogP contribution in [-0.2, 0) is 17.9 Å². The van der Waals surface area contributed by atoms with Gasteiger partial charge in [0.15, 0.2) is 0 Å². The minimum Gasteiger partial charge on any atom is -0.377 e. The second-order valence-electron chi connectivity index (χ2n) is 6.27. The molecule has 2 aromatic rings. The summed E-state index contributed by atoms with van der Waals surface area (Å²) in [5.74, 6) is -0.145. The Balaban J connectivity index is 1.59. The number of nitrogens with one attached hydrogen (secondary N) is 2. The SMILES string of the molecule is CCOCc1ccccc1CNC(=O)c1ccn(C2CCCNC2)n1. The monoisotopic (exact) mass is 342 g/mol. The van der Waals surface area contributed by atoms with E-state index < -0.39 is 0 Å². The van der Waals surface area contributed by atoms with Gasteiger partial charge in [0.05, 0.1) is 12.6 Å². The van der Waals surface area contributed by atoms with Gasteiger partial charge in [-0.3, -0.25) is 9.48 Å². The van der Waals surface area contributed by atoms with Crippen LogP contribution in [0.4, 0.5) is 0 Å². The first-order valence-corrected chi connectivity index (χ1v) is 8.96. The van der Waals surface area contributed by atoms with E-state index in [1.165, 1.54) is 0 Å². The lowest BCUT2D eigenvalue weighted by molar-refractivity contribution is 0.0943. The maximum atomic E-state index is 12.4. The van der Waals surface area contributed by atoms with Crippen molar-refractivity contribution in [2.24, 2.45) is 0 Å². The molecule has 1 amide bonds. The third-order valence-corrected chi connectivity index (χ3v) is 4.51. The van der Waals surface area contributed by atoms with E-state index in [1.807, 2.05) is 42.1 Å². The summed E-state index contributed by atoms with van der Waals surface area (Å²) in [6, 6.07) is 10.1. The van der Waals surface area contributed by atoms with E-state index in [-0.39, 0.29) is 5.91 Å². The van der Waals surface area contributed by atoms with E-state index in [4.69, 9.17) is 4.74 Å². The summed E-state index contributed by atoms with van der Waals surface area (Å²) in [4.78, 5) is 12.4. The number of amides is 1. The predicted octanol–water partition coefficient (Wildman–Crippen LogP) is 2.27. The number of ether oxygens (including phenoxy) is 1. The van der Waals surface area contributed by atoms with Gasteiger partial charge in [-0.25, -0.2) is 0 Å². The number of carbonyl (C=O) groups is 1. The van der Waals surface area contributed by atoms with Crippen LogP contribution in [0.15, 0.2) is 36.5 Å². The highest BCUT2D eigenvalue weighted by Gasteiger charge is 2.17. The van der Waals surface area contributed by atoms with Crippen molar-refractivity contribution in [3.8, 4) is 0 Å².